The fourth-order valence-electron chi connectivity index (χ4n) is 3.12. The molecule has 2 aromatic rings. The van der Waals surface area contributed by atoms with E-state index in [1.807, 2.05) is 18.2 Å². The van der Waals surface area contributed by atoms with Crippen molar-refractivity contribution in [2.24, 2.45) is 5.92 Å². The predicted octanol–water partition coefficient (Wildman–Crippen LogP) is 4.02. The normalized spacial score (nSPS) is 21.7. The number of carbonyl (C=O) groups excluding carboxylic acids is 1. The number of thioether (sulfide) groups is 1. The van der Waals surface area contributed by atoms with Gasteiger partial charge in [0.25, 0.3) is 0 Å². The van der Waals surface area contributed by atoms with Crippen molar-refractivity contribution in [1.29, 1.82) is 0 Å². The molecule has 0 unspecified atom stereocenters. The van der Waals surface area contributed by atoms with Gasteiger partial charge in [-0.1, -0.05) is 38.0 Å². The summed E-state index contributed by atoms with van der Waals surface area (Å²) in [6, 6.07) is 10.5. The Hall–Kier alpha value is -1.55. The van der Waals surface area contributed by atoms with Crippen molar-refractivity contribution in [2.45, 2.75) is 43.5 Å². The largest absolute Gasteiger partial charge is 0.352 e. The number of amides is 1. The Kier molecular flexibility index (Phi) is 4.98. The maximum absolute atomic E-state index is 12.2. The van der Waals surface area contributed by atoms with E-state index in [0.717, 1.165) is 22.2 Å². The SMILES string of the molecule is C[C@@H]1CCCC[C@@H]1NC(=O)CSc1cccc2cccnc12. The van der Waals surface area contributed by atoms with Gasteiger partial charge >= 0.3 is 0 Å². The number of nitrogens with one attached hydrogen (secondary N) is 1. The molecular weight excluding hydrogens is 292 g/mol. The summed E-state index contributed by atoms with van der Waals surface area (Å²) in [5.74, 6) is 1.19. The average Bonchev–Trinajstić information content (AvgIpc) is 2.55. The number of carbonyl (C=O) groups is 1. The van der Waals surface area contributed by atoms with Crippen molar-refractivity contribution in [3.63, 3.8) is 0 Å². The molecule has 1 aliphatic rings. The van der Waals surface area contributed by atoms with Crippen LogP contribution in [0.3, 0.4) is 0 Å². The van der Waals surface area contributed by atoms with Gasteiger partial charge in [0.1, 0.15) is 0 Å². The minimum Gasteiger partial charge on any atom is -0.352 e. The first-order valence-electron chi connectivity index (χ1n) is 8.00. The first-order chi connectivity index (χ1) is 10.7. The zero-order valence-electron chi connectivity index (χ0n) is 12.9. The predicted molar refractivity (Wildman–Crippen MR) is 92.0 cm³/mol. The summed E-state index contributed by atoms with van der Waals surface area (Å²) in [6.07, 6.45) is 6.68. The highest BCUT2D eigenvalue weighted by Crippen LogP contribution is 2.27. The third-order valence-corrected chi connectivity index (χ3v) is 5.46. The highest BCUT2D eigenvalue weighted by molar-refractivity contribution is 8.00. The summed E-state index contributed by atoms with van der Waals surface area (Å²) < 4.78 is 0. The lowest BCUT2D eigenvalue weighted by Crippen LogP contribution is -2.41. The summed E-state index contributed by atoms with van der Waals surface area (Å²) in [7, 11) is 0. The van der Waals surface area contributed by atoms with E-state index in [1.54, 1.807) is 18.0 Å². The molecular formula is C18H22N2OS. The second-order valence-corrected chi connectivity index (χ2v) is 7.07. The van der Waals surface area contributed by atoms with Crippen LogP contribution >= 0.6 is 11.8 Å². The zero-order valence-corrected chi connectivity index (χ0v) is 13.7. The highest BCUT2D eigenvalue weighted by atomic mass is 32.2. The number of nitrogens with zero attached hydrogens (tertiary/aromatic N) is 1. The average molecular weight is 314 g/mol. The van der Waals surface area contributed by atoms with Gasteiger partial charge in [-0.2, -0.15) is 0 Å². The molecule has 3 rings (SSSR count). The smallest absolute Gasteiger partial charge is 0.230 e. The van der Waals surface area contributed by atoms with Gasteiger partial charge in [-0.15, -0.1) is 11.8 Å². The monoisotopic (exact) mass is 314 g/mol. The van der Waals surface area contributed by atoms with E-state index in [9.17, 15) is 4.79 Å². The molecule has 0 saturated heterocycles. The lowest BCUT2D eigenvalue weighted by molar-refractivity contribution is -0.119. The summed E-state index contributed by atoms with van der Waals surface area (Å²) in [6.45, 7) is 2.24. The van der Waals surface area contributed by atoms with Gasteiger partial charge in [-0.05, 0) is 30.9 Å². The van der Waals surface area contributed by atoms with Gasteiger partial charge in [0.15, 0.2) is 0 Å². The quantitative estimate of drug-likeness (QED) is 0.867. The summed E-state index contributed by atoms with van der Waals surface area (Å²) in [5.41, 5.74) is 0.980. The molecule has 0 spiro atoms. The minimum absolute atomic E-state index is 0.136. The molecule has 1 saturated carbocycles. The standard InChI is InChI=1S/C18H22N2OS/c1-13-6-2-3-9-15(13)20-17(21)12-22-16-10-4-7-14-8-5-11-19-18(14)16/h4-5,7-8,10-11,13,15H,2-3,6,9,12H2,1H3,(H,20,21)/t13-,15+/m1/s1. The molecule has 1 amide bonds. The number of hydrogen-bond donors (Lipinski definition) is 1. The molecule has 1 aliphatic carbocycles. The summed E-state index contributed by atoms with van der Waals surface area (Å²) in [4.78, 5) is 17.7. The minimum atomic E-state index is 0.136. The molecule has 0 aliphatic heterocycles. The highest BCUT2D eigenvalue weighted by Gasteiger charge is 2.22. The Morgan fingerprint density at radius 1 is 1.27 bits per heavy atom. The number of hydrogen-bond acceptors (Lipinski definition) is 3. The van der Waals surface area contributed by atoms with Crippen LogP contribution in [0.15, 0.2) is 41.4 Å². The van der Waals surface area contributed by atoms with E-state index < -0.39 is 0 Å². The van der Waals surface area contributed by atoms with Gasteiger partial charge < -0.3 is 5.32 Å². The number of pyridine rings is 1. The second-order valence-electron chi connectivity index (χ2n) is 6.06. The Morgan fingerprint density at radius 3 is 2.95 bits per heavy atom. The van der Waals surface area contributed by atoms with E-state index >= 15 is 0 Å². The van der Waals surface area contributed by atoms with Crippen LogP contribution in [-0.4, -0.2) is 22.7 Å². The molecule has 22 heavy (non-hydrogen) atoms. The van der Waals surface area contributed by atoms with Crippen LogP contribution in [0.25, 0.3) is 10.9 Å². The van der Waals surface area contributed by atoms with Crippen molar-refractivity contribution in [2.75, 3.05) is 5.75 Å². The molecule has 0 radical (unpaired) electrons. The van der Waals surface area contributed by atoms with Crippen LogP contribution in [0, 0.1) is 5.92 Å². The van der Waals surface area contributed by atoms with Crippen molar-refractivity contribution in [3.05, 3.63) is 36.5 Å². The lowest BCUT2D eigenvalue weighted by atomic mass is 9.86. The zero-order chi connectivity index (χ0) is 15.4. The van der Waals surface area contributed by atoms with Gasteiger partial charge in [0.05, 0.1) is 11.3 Å². The molecule has 4 heteroatoms. The topological polar surface area (TPSA) is 42.0 Å². The summed E-state index contributed by atoms with van der Waals surface area (Å²) >= 11 is 1.57. The molecule has 0 bridgehead atoms. The van der Waals surface area contributed by atoms with E-state index in [4.69, 9.17) is 0 Å². The van der Waals surface area contributed by atoms with Crippen molar-refractivity contribution >= 4 is 28.6 Å². The lowest BCUT2D eigenvalue weighted by Gasteiger charge is -2.29. The number of benzene rings is 1. The number of para-hydroxylation sites is 1. The van der Waals surface area contributed by atoms with Crippen LogP contribution in [0.1, 0.15) is 32.6 Å². The van der Waals surface area contributed by atoms with Crippen molar-refractivity contribution in [1.82, 2.24) is 10.3 Å². The van der Waals surface area contributed by atoms with E-state index in [-0.39, 0.29) is 5.91 Å². The molecule has 1 N–H and O–H groups in total. The molecule has 2 atom stereocenters. The van der Waals surface area contributed by atoms with Gasteiger partial charge in [0, 0.05) is 22.5 Å². The Morgan fingerprint density at radius 2 is 2.09 bits per heavy atom. The van der Waals surface area contributed by atoms with Crippen LogP contribution in [-0.2, 0) is 4.79 Å². The summed E-state index contributed by atoms with van der Waals surface area (Å²) in [5, 5.41) is 4.33. The first-order valence-corrected chi connectivity index (χ1v) is 8.98. The molecule has 116 valence electrons. The first kappa shape index (κ1) is 15.3. The Labute approximate surface area is 135 Å². The maximum Gasteiger partial charge on any atom is 0.230 e. The van der Waals surface area contributed by atoms with Gasteiger partial charge in [0.2, 0.25) is 5.91 Å². The Balaban J connectivity index is 1.60. The van der Waals surface area contributed by atoms with Crippen LogP contribution < -0.4 is 5.32 Å². The maximum atomic E-state index is 12.2. The third-order valence-electron chi connectivity index (χ3n) is 4.41. The molecule has 3 nitrogen and oxygen atoms in total. The fourth-order valence-corrected chi connectivity index (χ4v) is 3.97. The fraction of sp³-hybridized carbons (Fsp3) is 0.444. The Bertz CT molecular complexity index is 653. The van der Waals surface area contributed by atoms with E-state index in [1.165, 1.54) is 19.3 Å². The van der Waals surface area contributed by atoms with E-state index in [0.29, 0.717) is 17.7 Å². The number of fused-ring (bicyclic) bond motifs is 1. The molecule has 1 aromatic heterocycles. The molecule has 1 aromatic carbocycles. The third kappa shape index (κ3) is 3.61. The van der Waals surface area contributed by atoms with Crippen LogP contribution in [0.4, 0.5) is 0 Å². The van der Waals surface area contributed by atoms with Crippen LogP contribution in [0.2, 0.25) is 0 Å². The van der Waals surface area contributed by atoms with Crippen molar-refractivity contribution in [3.8, 4) is 0 Å². The number of aromatic nitrogens is 1. The van der Waals surface area contributed by atoms with Crippen LogP contribution in [0.5, 0.6) is 0 Å². The van der Waals surface area contributed by atoms with Gasteiger partial charge in [-0.3, -0.25) is 9.78 Å². The molecule has 1 fully saturated rings. The second kappa shape index (κ2) is 7.14. The number of rotatable bonds is 4. The van der Waals surface area contributed by atoms with Gasteiger partial charge in [-0.25, -0.2) is 0 Å². The van der Waals surface area contributed by atoms with Crippen molar-refractivity contribution < 1.29 is 4.79 Å². The molecule has 1 heterocycles. The van der Waals surface area contributed by atoms with E-state index in [2.05, 4.69) is 29.4 Å².